The van der Waals surface area contributed by atoms with Gasteiger partial charge in [-0.05, 0) is 51.0 Å². The summed E-state index contributed by atoms with van der Waals surface area (Å²) in [6.07, 6.45) is 2.90. The predicted molar refractivity (Wildman–Crippen MR) is 93.9 cm³/mol. The van der Waals surface area contributed by atoms with E-state index in [0.29, 0.717) is 34.9 Å². The Balaban J connectivity index is 1.55. The molecule has 2 aliphatic rings. The summed E-state index contributed by atoms with van der Waals surface area (Å²) in [5, 5.41) is 6.81. The van der Waals surface area contributed by atoms with Crippen LogP contribution in [0.2, 0.25) is 0 Å². The van der Waals surface area contributed by atoms with Crippen molar-refractivity contribution in [3.05, 3.63) is 41.5 Å². The molecule has 1 N–H and O–H groups in total. The van der Waals surface area contributed by atoms with Crippen LogP contribution < -0.4 is 4.74 Å². The van der Waals surface area contributed by atoms with Crippen LogP contribution in [0.5, 0.6) is 5.75 Å². The van der Waals surface area contributed by atoms with Crippen molar-refractivity contribution in [1.82, 2.24) is 14.5 Å². The lowest BCUT2D eigenvalue weighted by atomic mass is 10.0. The number of benzene rings is 1. The van der Waals surface area contributed by atoms with E-state index in [0.717, 1.165) is 12.8 Å². The maximum Gasteiger partial charge on any atom is 0.247 e. The molecule has 1 aromatic carbocycles. The van der Waals surface area contributed by atoms with Crippen molar-refractivity contribution in [3.63, 3.8) is 0 Å². The fourth-order valence-corrected chi connectivity index (χ4v) is 6.53. The first-order valence-corrected chi connectivity index (χ1v) is 10.3. The van der Waals surface area contributed by atoms with Crippen molar-refractivity contribution in [3.8, 4) is 5.75 Å². The van der Waals surface area contributed by atoms with E-state index in [4.69, 9.17) is 4.74 Å². The quantitative estimate of drug-likeness (QED) is 0.886. The number of aryl methyl sites for hydroxylation is 2. The van der Waals surface area contributed by atoms with Gasteiger partial charge in [0.1, 0.15) is 22.6 Å². The zero-order valence-electron chi connectivity index (χ0n) is 14.8. The van der Waals surface area contributed by atoms with Gasteiger partial charge in [-0.15, -0.1) is 0 Å². The summed E-state index contributed by atoms with van der Waals surface area (Å²) in [6, 6.07) is 5.81. The monoisotopic (exact) mass is 379 g/mol. The summed E-state index contributed by atoms with van der Waals surface area (Å²) in [5.41, 5.74) is 1.08. The van der Waals surface area contributed by atoms with E-state index >= 15 is 0 Å². The molecule has 0 unspecified atom stereocenters. The van der Waals surface area contributed by atoms with Gasteiger partial charge in [0.2, 0.25) is 10.0 Å². The SMILES string of the molecule is Cc1n[nH]c(C)c1S(=O)(=O)N1[C@@H]2CC[C@H]1C[C@@H](Oc1ccc(F)cc1)C2. The van der Waals surface area contributed by atoms with Gasteiger partial charge in [-0.3, -0.25) is 5.10 Å². The van der Waals surface area contributed by atoms with Crippen LogP contribution in [0.3, 0.4) is 0 Å². The van der Waals surface area contributed by atoms with Crippen molar-refractivity contribution in [2.75, 3.05) is 0 Å². The minimum absolute atomic E-state index is 0.0593. The number of H-pyrrole nitrogens is 1. The van der Waals surface area contributed by atoms with Crippen LogP contribution in [0.4, 0.5) is 4.39 Å². The summed E-state index contributed by atoms with van der Waals surface area (Å²) in [4.78, 5) is 0.298. The number of fused-ring (bicyclic) bond motifs is 2. The van der Waals surface area contributed by atoms with Gasteiger partial charge in [-0.1, -0.05) is 0 Å². The van der Waals surface area contributed by atoms with Gasteiger partial charge in [-0.2, -0.15) is 9.40 Å². The number of aromatic amines is 1. The fraction of sp³-hybridized carbons (Fsp3) is 0.500. The molecular formula is C18H22FN3O3S. The minimum atomic E-state index is -3.58. The Morgan fingerprint density at radius 2 is 1.77 bits per heavy atom. The Morgan fingerprint density at radius 1 is 1.15 bits per heavy atom. The molecule has 8 heteroatoms. The van der Waals surface area contributed by atoms with Crippen LogP contribution in [-0.2, 0) is 10.0 Å². The third-order valence-electron chi connectivity index (χ3n) is 5.34. The van der Waals surface area contributed by atoms with Crippen molar-refractivity contribution >= 4 is 10.0 Å². The lowest BCUT2D eigenvalue weighted by molar-refractivity contribution is 0.0955. The summed E-state index contributed by atoms with van der Waals surface area (Å²) < 4.78 is 47.2. The topological polar surface area (TPSA) is 75.3 Å². The van der Waals surface area contributed by atoms with Gasteiger partial charge < -0.3 is 4.74 Å². The molecule has 2 fully saturated rings. The molecule has 3 atom stereocenters. The number of piperidine rings is 1. The Kier molecular flexibility index (Phi) is 4.27. The van der Waals surface area contributed by atoms with Crippen molar-refractivity contribution in [1.29, 1.82) is 0 Å². The molecule has 0 aliphatic carbocycles. The van der Waals surface area contributed by atoms with E-state index in [-0.39, 0.29) is 24.0 Å². The molecule has 3 heterocycles. The number of nitrogens with zero attached hydrogens (tertiary/aromatic N) is 2. The standard InChI is InChI=1S/C18H22FN3O3S/c1-11-18(12(2)21-20-11)26(23,24)22-14-5-6-15(22)10-17(9-14)25-16-7-3-13(19)4-8-16/h3-4,7-8,14-15,17H,5-6,9-10H2,1-2H3,(H,20,21)/t14-,15+,17+. The minimum Gasteiger partial charge on any atom is -0.490 e. The molecule has 4 rings (SSSR count). The predicted octanol–water partition coefficient (Wildman–Crippen LogP) is 2.93. The second kappa shape index (κ2) is 6.35. The molecule has 6 nitrogen and oxygen atoms in total. The highest BCUT2D eigenvalue weighted by Gasteiger charge is 2.48. The van der Waals surface area contributed by atoms with E-state index in [9.17, 15) is 12.8 Å². The average Bonchev–Trinajstić information content (AvgIpc) is 3.07. The van der Waals surface area contributed by atoms with Gasteiger partial charge in [0.25, 0.3) is 0 Å². The van der Waals surface area contributed by atoms with Gasteiger partial charge in [0, 0.05) is 24.9 Å². The Bertz CT molecular complexity index is 877. The van der Waals surface area contributed by atoms with Crippen molar-refractivity contribution < 1.29 is 17.5 Å². The normalized spacial score (nSPS) is 26.2. The number of sulfonamides is 1. The summed E-state index contributed by atoms with van der Waals surface area (Å²) in [6.45, 7) is 3.45. The Hall–Kier alpha value is -1.93. The molecule has 26 heavy (non-hydrogen) atoms. The first-order valence-electron chi connectivity index (χ1n) is 8.83. The van der Waals surface area contributed by atoms with Crippen LogP contribution in [0.25, 0.3) is 0 Å². The third-order valence-corrected chi connectivity index (χ3v) is 7.60. The zero-order chi connectivity index (χ0) is 18.5. The average molecular weight is 379 g/mol. The van der Waals surface area contributed by atoms with E-state index in [2.05, 4.69) is 10.2 Å². The molecular weight excluding hydrogens is 357 g/mol. The molecule has 1 aromatic heterocycles. The molecule has 0 saturated carbocycles. The zero-order valence-corrected chi connectivity index (χ0v) is 15.6. The lowest BCUT2D eigenvalue weighted by Gasteiger charge is -2.37. The first-order chi connectivity index (χ1) is 12.4. The molecule has 140 valence electrons. The van der Waals surface area contributed by atoms with Crippen LogP contribution in [0.1, 0.15) is 37.1 Å². The maximum atomic E-state index is 13.2. The summed E-state index contributed by atoms with van der Waals surface area (Å²) in [5.74, 6) is 0.317. The highest BCUT2D eigenvalue weighted by Crippen LogP contribution is 2.41. The van der Waals surface area contributed by atoms with Crippen LogP contribution >= 0.6 is 0 Å². The van der Waals surface area contributed by atoms with E-state index < -0.39 is 10.0 Å². The van der Waals surface area contributed by atoms with E-state index in [1.807, 2.05) is 0 Å². The molecule has 2 aliphatic heterocycles. The summed E-state index contributed by atoms with van der Waals surface area (Å²) >= 11 is 0. The van der Waals surface area contributed by atoms with Crippen LogP contribution in [0, 0.1) is 19.7 Å². The summed E-state index contributed by atoms with van der Waals surface area (Å²) in [7, 11) is -3.58. The molecule has 0 spiro atoms. The smallest absolute Gasteiger partial charge is 0.247 e. The number of aromatic nitrogens is 2. The number of halogens is 1. The van der Waals surface area contributed by atoms with Crippen LogP contribution in [0.15, 0.2) is 29.2 Å². The van der Waals surface area contributed by atoms with Gasteiger partial charge >= 0.3 is 0 Å². The van der Waals surface area contributed by atoms with Crippen molar-refractivity contribution in [2.45, 2.75) is 62.6 Å². The highest BCUT2D eigenvalue weighted by molar-refractivity contribution is 7.89. The van der Waals surface area contributed by atoms with Gasteiger partial charge in [-0.25, -0.2) is 12.8 Å². The number of hydrogen-bond acceptors (Lipinski definition) is 4. The first kappa shape index (κ1) is 17.5. The fourth-order valence-electron chi connectivity index (χ4n) is 4.30. The van der Waals surface area contributed by atoms with E-state index in [1.54, 1.807) is 30.3 Å². The van der Waals surface area contributed by atoms with Gasteiger partial charge in [0.05, 0.1) is 11.4 Å². The number of nitrogens with one attached hydrogen (secondary N) is 1. The number of rotatable bonds is 4. The second-order valence-corrected chi connectivity index (χ2v) is 8.93. The Morgan fingerprint density at radius 3 is 2.31 bits per heavy atom. The molecule has 2 saturated heterocycles. The maximum absolute atomic E-state index is 13.2. The lowest BCUT2D eigenvalue weighted by Crippen LogP contribution is -2.49. The van der Waals surface area contributed by atoms with Crippen molar-refractivity contribution in [2.24, 2.45) is 0 Å². The number of hydrogen-bond donors (Lipinski definition) is 1. The number of ether oxygens (including phenoxy) is 1. The third kappa shape index (κ3) is 2.91. The molecule has 0 amide bonds. The van der Waals surface area contributed by atoms with Crippen LogP contribution in [-0.4, -0.2) is 41.1 Å². The molecule has 2 aromatic rings. The molecule has 0 radical (unpaired) electrons. The Labute approximate surface area is 152 Å². The van der Waals surface area contributed by atoms with Gasteiger partial charge in [0.15, 0.2) is 0 Å². The molecule has 2 bridgehead atoms. The van der Waals surface area contributed by atoms with E-state index in [1.165, 1.54) is 12.1 Å². The largest absolute Gasteiger partial charge is 0.490 e. The second-order valence-electron chi connectivity index (χ2n) is 7.15. The highest BCUT2D eigenvalue weighted by atomic mass is 32.2.